The number of hydrogen-bond acceptors (Lipinski definition) is 5. The van der Waals surface area contributed by atoms with E-state index < -0.39 is 11.7 Å². The SMILES string of the molecule is FC(F)(F)c1ccccc1CNCCOc1cccc(-c2noc3ccsc23)c1. The quantitative estimate of drug-likeness (QED) is 0.389. The zero-order valence-electron chi connectivity index (χ0n) is 15.2. The number of halogens is 3. The summed E-state index contributed by atoms with van der Waals surface area (Å²) in [6, 6.07) is 14.9. The maximum atomic E-state index is 13.0. The third kappa shape index (κ3) is 4.44. The van der Waals surface area contributed by atoms with Gasteiger partial charge in [-0.3, -0.25) is 0 Å². The first-order valence-corrected chi connectivity index (χ1v) is 9.82. The van der Waals surface area contributed by atoms with Gasteiger partial charge < -0.3 is 14.6 Å². The van der Waals surface area contributed by atoms with Gasteiger partial charge >= 0.3 is 6.18 Å². The van der Waals surface area contributed by atoms with Crippen LogP contribution >= 0.6 is 11.3 Å². The molecule has 0 fully saturated rings. The highest BCUT2D eigenvalue weighted by atomic mass is 32.1. The van der Waals surface area contributed by atoms with Crippen molar-refractivity contribution in [3.63, 3.8) is 0 Å². The Morgan fingerprint density at radius 1 is 1.07 bits per heavy atom. The Morgan fingerprint density at radius 2 is 1.93 bits per heavy atom. The zero-order valence-corrected chi connectivity index (χ0v) is 16.0. The number of fused-ring (bicyclic) bond motifs is 1. The van der Waals surface area contributed by atoms with Crippen LogP contribution in [0.15, 0.2) is 64.5 Å². The van der Waals surface area contributed by atoms with Crippen molar-refractivity contribution < 1.29 is 22.4 Å². The molecule has 0 saturated carbocycles. The van der Waals surface area contributed by atoms with Crippen molar-refractivity contribution in [2.75, 3.05) is 13.2 Å². The molecule has 0 aliphatic carbocycles. The molecule has 0 aliphatic heterocycles. The van der Waals surface area contributed by atoms with Crippen molar-refractivity contribution in [2.24, 2.45) is 0 Å². The van der Waals surface area contributed by atoms with E-state index in [4.69, 9.17) is 9.26 Å². The fourth-order valence-electron chi connectivity index (χ4n) is 3.01. The van der Waals surface area contributed by atoms with Crippen LogP contribution in [-0.2, 0) is 12.7 Å². The first kappa shape index (κ1) is 19.5. The Morgan fingerprint density at radius 3 is 2.79 bits per heavy atom. The summed E-state index contributed by atoms with van der Waals surface area (Å²) in [7, 11) is 0. The molecular formula is C21H17F3N2O2S. The third-order valence-corrected chi connectivity index (χ3v) is 5.28. The first-order chi connectivity index (χ1) is 14.0. The molecule has 0 amide bonds. The van der Waals surface area contributed by atoms with E-state index in [0.29, 0.717) is 18.9 Å². The van der Waals surface area contributed by atoms with Gasteiger partial charge in [0.25, 0.3) is 0 Å². The highest BCUT2D eigenvalue weighted by Gasteiger charge is 2.32. The summed E-state index contributed by atoms with van der Waals surface area (Å²) in [6.45, 7) is 0.856. The predicted octanol–water partition coefficient (Wildman–Crippen LogP) is 5.74. The molecular weight excluding hydrogens is 401 g/mol. The summed E-state index contributed by atoms with van der Waals surface area (Å²) < 4.78 is 51.1. The summed E-state index contributed by atoms with van der Waals surface area (Å²) >= 11 is 1.56. The van der Waals surface area contributed by atoms with Gasteiger partial charge in [0, 0.05) is 18.7 Å². The van der Waals surface area contributed by atoms with Crippen LogP contribution in [0.2, 0.25) is 0 Å². The molecule has 0 radical (unpaired) electrons. The molecule has 0 unspecified atom stereocenters. The van der Waals surface area contributed by atoms with E-state index >= 15 is 0 Å². The Hall–Kier alpha value is -2.84. The van der Waals surface area contributed by atoms with Crippen LogP contribution in [0.3, 0.4) is 0 Å². The van der Waals surface area contributed by atoms with Gasteiger partial charge in [-0.15, -0.1) is 11.3 Å². The van der Waals surface area contributed by atoms with Crippen molar-refractivity contribution in [3.05, 3.63) is 71.1 Å². The molecule has 2 heterocycles. The van der Waals surface area contributed by atoms with Crippen molar-refractivity contribution >= 4 is 21.6 Å². The Bertz CT molecular complexity index is 1100. The van der Waals surface area contributed by atoms with Crippen LogP contribution in [0, 0.1) is 0 Å². The zero-order chi connectivity index (χ0) is 20.3. The second kappa shape index (κ2) is 8.26. The van der Waals surface area contributed by atoms with E-state index in [2.05, 4.69) is 10.5 Å². The normalized spacial score (nSPS) is 11.8. The van der Waals surface area contributed by atoms with Gasteiger partial charge in [0.15, 0.2) is 5.58 Å². The summed E-state index contributed by atoms with van der Waals surface area (Å²) in [5.41, 5.74) is 2.00. The van der Waals surface area contributed by atoms with Crippen LogP contribution in [-0.4, -0.2) is 18.3 Å². The number of benzene rings is 2. The second-order valence-electron chi connectivity index (χ2n) is 6.35. The summed E-state index contributed by atoms with van der Waals surface area (Å²) in [5.74, 6) is 0.660. The number of nitrogens with one attached hydrogen (secondary N) is 1. The van der Waals surface area contributed by atoms with E-state index in [0.717, 1.165) is 27.6 Å². The van der Waals surface area contributed by atoms with Crippen LogP contribution in [0.4, 0.5) is 13.2 Å². The monoisotopic (exact) mass is 418 g/mol. The van der Waals surface area contributed by atoms with E-state index in [-0.39, 0.29) is 12.1 Å². The molecule has 2 aromatic carbocycles. The van der Waals surface area contributed by atoms with Crippen LogP contribution in [0.5, 0.6) is 5.75 Å². The standard InChI is InChI=1S/C21H17F3N2O2S/c22-21(23,24)17-7-2-1-4-15(17)13-25-9-10-27-16-6-3-5-14(12-16)19-20-18(28-26-19)8-11-29-20/h1-8,11-12,25H,9-10,13H2. The molecule has 4 aromatic rings. The summed E-state index contributed by atoms with van der Waals surface area (Å²) in [4.78, 5) is 0. The van der Waals surface area contributed by atoms with E-state index in [1.165, 1.54) is 12.1 Å². The predicted molar refractivity (Wildman–Crippen MR) is 106 cm³/mol. The number of hydrogen-bond donors (Lipinski definition) is 1. The molecule has 0 spiro atoms. The molecule has 0 bridgehead atoms. The van der Waals surface area contributed by atoms with Crippen LogP contribution in [0.25, 0.3) is 21.5 Å². The number of nitrogens with zero attached hydrogens (tertiary/aromatic N) is 1. The van der Waals surface area contributed by atoms with Gasteiger partial charge in [-0.1, -0.05) is 35.5 Å². The van der Waals surface area contributed by atoms with Crippen molar-refractivity contribution in [2.45, 2.75) is 12.7 Å². The van der Waals surface area contributed by atoms with Crippen LogP contribution < -0.4 is 10.1 Å². The molecule has 2 aromatic heterocycles. The number of alkyl halides is 3. The molecule has 0 saturated heterocycles. The van der Waals surface area contributed by atoms with E-state index in [1.807, 2.05) is 35.7 Å². The minimum Gasteiger partial charge on any atom is -0.492 e. The van der Waals surface area contributed by atoms with Gasteiger partial charge in [0.2, 0.25) is 0 Å². The molecule has 150 valence electrons. The molecule has 4 rings (SSSR count). The molecule has 29 heavy (non-hydrogen) atoms. The van der Waals surface area contributed by atoms with Crippen molar-refractivity contribution in [1.82, 2.24) is 10.5 Å². The first-order valence-electron chi connectivity index (χ1n) is 8.94. The van der Waals surface area contributed by atoms with E-state index in [9.17, 15) is 13.2 Å². The highest BCUT2D eigenvalue weighted by Crippen LogP contribution is 2.33. The highest BCUT2D eigenvalue weighted by molar-refractivity contribution is 7.17. The molecule has 0 atom stereocenters. The minimum absolute atomic E-state index is 0.119. The van der Waals surface area contributed by atoms with Gasteiger partial charge in [0.05, 0.1) is 5.56 Å². The van der Waals surface area contributed by atoms with Gasteiger partial charge in [-0.2, -0.15) is 13.2 Å². The Kier molecular flexibility index (Phi) is 5.55. The van der Waals surface area contributed by atoms with E-state index in [1.54, 1.807) is 17.4 Å². The third-order valence-electron chi connectivity index (χ3n) is 4.37. The lowest BCUT2D eigenvalue weighted by molar-refractivity contribution is -0.138. The van der Waals surface area contributed by atoms with Gasteiger partial charge in [-0.05, 0) is 35.2 Å². The maximum absolute atomic E-state index is 13.0. The molecule has 4 nitrogen and oxygen atoms in total. The smallest absolute Gasteiger partial charge is 0.416 e. The number of aromatic nitrogens is 1. The topological polar surface area (TPSA) is 47.3 Å². The number of thiophene rings is 1. The molecule has 8 heteroatoms. The average molecular weight is 418 g/mol. The van der Waals surface area contributed by atoms with Crippen LogP contribution in [0.1, 0.15) is 11.1 Å². The summed E-state index contributed by atoms with van der Waals surface area (Å²) in [6.07, 6.45) is -4.36. The molecule has 0 aliphatic rings. The fraction of sp³-hybridized carbons (Fsp3) is 0.190. The van der Waals surface area contributed by atoms with Crippen molar-refractivity contribution in [3.8, 4) is 17.0 Å². The molecule has 1 N–H and O–H groups in total. The van der Waals surface area contributed by atoms with Gasteiger partial charge in [-0.25, -0.2) is 0 Å². The maximum Gasteiger partial charge on any atom is 0.416 e. The lowest BCUT2D eigenvalue weighted by atomic mass is 10.1. The minimum atomic E-state index is -4.36. The number of rotatable bonds is 7. The fourth-order valence-corrected chi connectivity index (χ4v) is 3.83. The lowest BCUT2D eigenvalue weighted by Gasteiger charge is -2.13. The largest absolute Gasteiger partial charge is 0.492 e. The number of ether oxygens (including phenoxy) is 1. The second-order valence-corrected chi connectivity index (χ2v) is 7.27. The Balaban J connectivity index is 1.33. The average Bonchev–Trinajstić information content (AvgIpc) is 3.31. The van der Waals surface area contributed by atoms with Gasteiger partial charge in [0.1, 0.15) is 22.8 Å². The lowest BCUT2D eigenvalue weighted by Crippen LogP contribution is -2.22. The Labute approximate surface area is 168 Å². The summed E-state index contributed by atoms with van der Waals surface area (Å²) in [5, 5.41) is 9.06. The van der Waals surface area contributed by atoms with Crippen molar-refractivity contribution in [1.29, 1.82) is 0 Å².